The number of rotatable bonds is 5. The minimum atomic E-state index is -2.63. The predicted octanol–water partition coefficient (Wildman–Crippen LogP) is 7.50. The molecule has 1 aliphatic rings. The van der Waals surface area contributed by atoms with Crippen LogP contribution in [0.5, 0.6) is 0 Å². The first kappa shape index (κ1) is 25.6. The number of aryl methyl sites for hydroxylation is 2. The number of pyridine rings is 2. The monoisotopic (exact) mass is 530 g/mol. The summed E-state index contributed by atoms with van der Waals surface area (Å²) in [6.45, 7) is 7.20. The van der Waals surface area contributed by atoms with Crippen molar-refractivity contribution in [2.45, 2.75) is 70.9 Å². The van der Waals surface area contributed by atoms with E-state index in [9.17, 15) is 13.9 Å². The zero-order chi connectivity index (χ0) is 27.5. The van der Waals surface area contributed by atoms with Gasteiger partial charge in [-0.15, -0.1) is 0 Å². The van der Waals surface area contributed by atoms with Gasteiger partial charge in [-0.05, 0) is 64.2 Å². The third kappa shape index (κ3) is 4.50. The lowest BCUT2D eigenvalue weighted by molar-refractivity contribution is -0.0493. The van der Waals surface area contributed by atoms with Gasteiger partial charge in [0.25, 0.3) is 0 Å². The van der Waals surface area contributed by atoms with E-state index in [-0.39, 0.29) is 24.8 Å². The second kappa shape index (κ2) is 9.23. The third-order valence-corrected chi connectivity index (χ3v) is 8.10. The molecule has 202 valence electrons. The van der Waals surface area contributed by atoms with Gasteiger partial charge in [-0.25, -0.2) is 8.78 Å². The third-order valence-electron chi connectivity index (χ3n) is 8.10. The Morgan fingerprint density at radius 3 is 2.38 bits per heavy atom. The van der Waals surface area contributed by atoms with Crippen LogP contribution in [0, 0.1) is 19.8 Å². The summed E-state index contributed by atoms with van der Waals surface area (Å²) in [7, 11) is 0. The van der Waals surface area contributed by atoms with Gasteiger partial charge >= 0.3 is 0 Å². The smallest absolute Gasteiger partial charge is 0.248 e. The fourth-order valence-corrected chi connectivity index (χ4v) is 6.13. The first-order valence-electron chi connectivity index (χ1n) is 13.4. The Bertz CT molecular complexity index is 1640. The van der Waals surface area contributed by atoms with Crippen molar-refractivity contribution in [2.24, 2.45) is 5.92 Å². The van der Waals surface area contributed by atoms with Crippen LogP contribution in [0.15, 0.2) is 59.4 Å². The van der Waals surface area contributed by atoms with Crippen LogP contribution < -0.4 is 0 Å². The van der Waals surface area contributed by atoms with Gasteiger partial charge in [0.2, 0.25) is 5.92 Å². The highest BCUT2D eigenvalue weighted by atomic mass is 19.3. The average molecular weight is 531 g/mol. The summed E-state index contributed by atoms with van der Waals surface area (Å²) in [5, 5.41) is 15.8. The van der Waals surface area contributed by atoms with Gasteiger partial charge in [-0.3, -0.25) is 9.97 Å². The van der Waals surface area contributed by atoms with Crippen LogP contribution >= 0.6 is 0 Å². The summed E-state index contributed by atoms with van der Waals surface area (Å²) in [6, 6.07) is 13.9. The number of benzene rings is 1. The Hall–Kier alpha value is -3.65. The lowest BCUT2D eigenvalue weighted by Gasteiger charge is -2.36. The Labute approximate surface area is 225 Å². The fraction of sp³-hybridized carbons (Fsp3) is 0.387. The molecule has 1 aliphatic carbocycles. The van der Waals surface area contributed by atoms with Crippen molar-refractivity contribution in [3.05, 3.63) is 77.6 Å². The highest BCUT2D eigenvalue weighted by Gasteiger charge is 2.39. The number of alkyl halides is 2. The van der Waals surface area contributed by atoms with E-state index >= 15 is 0 Å². The van der Waals surface area contributed by atoms with Gasteiger partial charge in [0.1, 0.15) is 11.4 Å². The topological polar surface area (TPSA) is 77.0 Å². The van der Waals surface area contributed by atoms with E-state index < -0.39 is 11.5 Å². The van der Waals surface area contributed by atoms with E-state index in [1.807, 2.05) is 44.3 Å². The molecule has 0 radical (unpaired) electrons. The van der Waals surface area contributed by atoms with Crippen molar-refractivity contribution < 1.29 is 18.4 Å². The average Bonchev–Trinajstić information content (AvgIpc) is 3.40. The molecule has 4 heterocycles. The molecule has 1 aromatic carbocycles. The summed E-state index contributed by atoms with van der Waals surface area (Å²) >= 11 is 0. The Balaban J connectivity index is 1.66. The molecule has 1 N–H and O–H groups in total. The number of halogens is 2. The van der Waals surface area contributed by atoms with Crippen LogP contribution in [0.4, 0.5) is 8.78 Å². The summed E-state index contributed by atoms with van der Waals surface area (Å²) < 4.78 is 36.3. The number of hydrogen-bond acceptors (Lipinski definition) is 5. The Morgan fingerprint density at radius 1 is 1.03 bits per heavy atom. The van der Waals surface area contributed by atoms with Gasteiger partial charge in [0.15, 0.2) is 0 Å². The van der Waals surface area contributed by atoms with E-state index in [0.29, 0.717) is 24.3 Å². The number of aromatic nitrogens is 4. The van der Waals surface area contributed by atoms with Crippen molar-refractivity contribution in [3.8, 4) is 11.1 Å². The molecule has 1 saturated carbocycles. The van der Waals surface area contributed by atoms with Crippen molar-refractivity contribution in [3.63, 3.8) is 0 Å². The summed E-state index contributed by atoms with van der Waals surface area (Å²) in [5.74, 6) is -1.93. The van der Waals surface area contributed by atoms with Gasteiger partial charge in [0.05, 0.1) is 34.0 Å². The van der Waals surface area contributed by atoms with Gasteiger partial charge in [-0.1, -0.05) is 35.5 Å². The van der Waals surface area contributed by atoms with Crippen LogP contribution in [0.2, 0.25) is 0 Å². The molecule has 6 nitrogen and oxygen atoms in total. The molecule has 39 heavy (non-hydrogen) atoms. The van der Waals surface area contributed by atoms with Gasteiger partial charge in [-0.2, -0.15) is 0 Å². The quantitative estimate of drug-likeness (QED) is 0.255. The summed E-state index contributed by atoms with van der Waals surface area (Å²) in [5.41, 5.74) is 5.50. The number of hydrogen-bond donors (Lipinski definition) is 1. The molecule has 1 atom stereocenters. The van der Waals surface area contributed by atoms with Gasteiger partial charge < -0.3 is 14.2 Å². The minimum absolute atomic E-state index is 0.00713. The second-order valence-electron chi connectivity index (χ2n) is 11.4. The predicted molar refractivity (Wildman–Crippen MR) is 147 cm³/mol. The van der Waals surface area contributed by atoms with Gasteiger partial charge in [0, 0.05) is 41.7 Å². The molecule has 1 unspecified atom stereocenters. The lowest BCUT2D eigenvalue weighted by Crippen LogP contribution is -2.30. The standard InChI is InChI=1S/C31H32F2N4O2/c1-18-27(19(2)39-36-18)22-14-25-28(35-16-22)23-17-34-26(30(3,4)38)15-24(23)37(25)29(20-8-6-5-7-9-20)21-10-12-31(32,33)13-11-21/h5-9,14-17,21,29,38H,10-13H2,1-4H3. The maximum atomic E-state index is 14.3. The van der Waals surface area contributed by atoms with E-state index in [1.54, 1.807) is 20.0 Å². The molecule has 4 aromatic heterocycles. The zero-order valence-corrected chi connectivity index (χ0v) is 22.6. The highest BCUT2D eigenvalue weighted by molar-refractivity contribution is 6.06. The molecule has 0 amide bonds. The molecule has 8 heteroatoms. The first-order valence-corrected chi connectivity index (χ1v) is 13.4. The van der Waals surface area contributed by atoms with Crippen molar-refractivity contribution >= 4 is 21.9 Å². The molecular formula is C31H32F2N4O2. The number of nitrogens with zero attached hydrogens (tertiary/aromatic N) is 4. The first-order chi connectivity index (χ1) is 18.5. The van der Waals surface area contributed by atoms with Crippen LogP contribution in [-0.2, 0) is 5.60 Å². The fourth-order valence-electron chi connectivity index (χ4n) is 6.13. The highest BCUT2D eigenvalue weighted by Crippen LogP contribution is 2.46. The molecule has 1 fully saturated rings. The Kier molecular flexibility index (Phi) is 6.06. The minimum Gasteiger partial charge on any atom is -0.384 e. The SMILES string of the molecule is Cc1noc(C)c1-c1cnc2c3cnc(C(C)(C)O)cc3n(C(c3ccccc3)C3CCC(F)(F)CC3)c2c1. The van der Waals surface area contributed by atoms with E-state index in [2.05, 4.69) is 32.9 Å². The van der Waals surface area contributed by atoms with Crippen molar-refractivity contribution in [1.29, 1.82) is 0 Å². The molecule has 0 bridgehead atoms. The van der Waals surface area contributed by atoms with Crippen molar-refractivity contribution in [2.75, 3.05) is 0 Å². The number of fused-ring (bicyclic) bond motifs is 3. The van der Waals surface area contributed by atoms with E-state index in [4.69, 9.17) is 9.51 Å². The van der Waals surface area contributed by atoms with Crippen molar-refractivity contribution in [1.82, 2.24) is 19.7 Å². The second-order valence-corrected chi connectivity index (χ2v) is 11.4. The molecular weight excluding hydrogens is 498 g/mol. The lowest BCUT2D eigenvalue weighted by atomic mass is 9.79. The van der Waals surface area contributed by atoms with Crippen LogP contribution in [-0.4, -0.2) is 30.7 Å². The maximum Gasteiger partial charge on any atom is 0.248 e. The molecule has 6 rings (SSSR count). The largest absolute Gasteiger partial charge is 0.384 e. The molecule has 0 saturated heterocycles. The summed E-state index contributed by atoms with van der Waals surface area (Å²) in [6.07, 6.45) is 4.15. The molecule has 0 spiro atoms. The molecule has 5 aromatic rings. The Morgan fingerprint density at radius 2 is 1.74 bits per heavy atom. The normalized spacial score (nSPS) is 17.2. The summed E-state index contributed by atoms with van der Waals surface area (Å²) in [4.78, 5) is 9.47. The van der Waals surface area contributed by atoms with E-state index in [0.717, 1.165) is 44.3 Å². The van der Waals surface area contributed by atoms with Crippen LogP contribution in [0.1, 0.15) is 68.3 Å². The maximum absolute atomic E-state index is 14.3. The zero-order valence-electron chi connectivity index (χ0n) is 22.6. The van der Waals surface area contributed by atoms with Crippen LogP contribution in [0.3, 0.4) is 0 Å². The molecule has 0 aliphatic heterocycles. The number of aliphatic hydroxyl groups is 1. The van der Waals surface area contributed by atoms with Crippen LogP contribution in [0.25, 0.3) is 33.1 Å². The van der Waals surface area contributed by atoms with E-state index in [1.165, 1.54) is 0 Å².